The van der Waals surface area contributed by atoms with Gasteiger partial charge in [0.15, 0.2) is 0 Å². The first-order valence-electron chi connectivity index (χ1n) is 5.10. The van der Waals surface area contributed by atoms with Gasteiger partial charge in [-0.25, -0.2) is 4.79 Å². The number of aldehydes is 1. The van der Waals surface area contributed by atoms with E-state index < -0.39 is 0 Å². The number of urea groups is 1. The number of nitrogens with zero attached hydrogens (tertiary/aromatic N) is 1. The molecule has 2 amide bonds. The SMILES string of the molecule is C#CC.CN1Cc2cc(C=O)ccc2NC1=O. The molecule has 0 aromatic heterocycles. The van der Waals surface area contributed by atoms with Crippen molar-refractivity contribution in [2.24, 2.45) is 0 Å². The third kappa shape index (κ3) is 3.08. The first kappa shape index (κ1) is 12.8. The lowest BCUT2D eigenvalue weighted by Gasteiger charge is -2.25. The zero-order valence-electron chi connectivity index (χ0n) is 9.86. The molecule has 4 heteroatoms. The number of anilines is 1. The normalized spacial score (nSPS) is 12.5. The van der Waals surface area contributed by atoms with E-state index in [2.05, 4.69) is 17.7 Å². The molecule has 0 atom stereocenters. The number of hydrogen-bond acceptors (Lipinski definition) is 2. The van der Waals surface area contributed by atoms with Gasteiger partial charge in [-0.05, 0) is 30.7 Å². The van der Waals surface area contributed by atoms with E-state index in [9.17, 15) is 9.59 Å². The van der Waals surface area contributed by atoms with Crippen LogP contribution in [0.3, 0.4) is 0 Å². The molecule has 1 heterocycles. The van der Waals surface area contributed by atoms with Gasteiger partial charge in [0.2, 0.25) is 0 Å². The van der Waals surface area contributed by atoms with Crippen molar-refractivity contribution in [1.29, 1.82) is 0 Å². The van der Waals surface area contributed by atoms with Crippen LogP contribution in [0.25, 0.3) is 0 Å². The molecule has 0 saturated heterocycles. The average Bonchev–Trinajstić information content (AvgIpc) is 2.31. The topological polar surface area (TPSA) is 49.4 Å². The number of rotatable bonds is 1. The van der Waals surface area contributed by atoms with E-state index in [1.54, 1.807) is 37.1 Å². The maximum absolute atomic E-state index is 11.3. The number of carbonyl (C=O) groups excluding carboxylic acids is 2. The minimum Gasteiger partial charge on any atom is -0.323 e. The van der Waals surface area contributed by atoms with Crippen LogP contribution in [0.5, 0.6) is 0 Å². The molecule has 0 aliphatic carbocycles. The highest BCUT2D eigenvalue weighted by Crippen LogP contribution is 2.22. The summed E-state index contributed by atoms with van der Waals surface area (Å²) in [6.45, 7) is 2.20. The third-order valence-corrected chi connectivity index (χ3v) is 2.26. The first-order valence-corrected chi connectivity index (χ1v) is 5.10. The average molecular weight is 230 g/mol. The van der Waals surface area contributed by atoms with Crippen molar-refractivity contribution in [3.8, 4) is 12.3 Å². The van der Waals surface area contributed by atoms with Crippen LogP contribution in [0.4, 0.5) is 10.5 Å². The molecule has 0 radical (unpaired) electrons. The van der Waals surface area contributed by atoms with E-state index in [0.717, 1.165) is 17.5 Å². The Morgan fingerprint density at radius 1 is 1.53 bits per heavy atom. The minimum absolute atomic E-state index is 0.114. The van der Waals surface area contributed by atoms with Gasteiger partial charge in [0.25, 0.3) is 0 Å². The molecule has 2 rings (SSSR count). The Kier molecular flexibility index (Phi) is 4.29. The second-order valence-corrected chi connectivity index (χ2v) is 3.61. The number of carbonyl (C=O) groups is 2. The van der Waals surface area contributed by atoms with Crippen LogP contribution in [-0.2, 0) is 6.54 Å². The van der Waals surface area contributed by atoms with Crippen LogP contribution >= 0.6 is 0 Å². The number of terminal acetylenes is 1. The van der Waals surface area contributed by atoms with Crippen LogP contribution in [-0.4, -0.2) is 24.3 Å². The largest absolute Gasteiger partial charge is 0.323 e. The molecule has 4 nitrogen and oxygen atoms in total. The summed E-state index contributed by atoms with van der Waals surface area (Å²) in [7, 11) is 1.71. The van der Waals surface area contributed by atoms with Gasteiger partial charge in [0.05, 0.1) is 0 Å². The fraction of sp³-hybridized carbons (Fsp3) is 0.231. The first-order chi connectivity index (χ1) is 8.12. The Labute approximate surface area is 101 Å². The van der Waals surface area contributed by atoms with E-state index in [1.165, 1.54) is 0 Å². The molecule has 88 valence electrons. The molecular formula is C13H14N2O2. The second-order valence-electron chi connectivity index (χ2n) is 3.61. The molecule has 17 heavy (non-hydrogen) atoms. The van der Waals surface area contributed by atoms with Gasteiger partial charge in [0, 0.05) is 24.8 Å². The van der Waals surface area contributed by atoms with Crippen LogP contribution < -0.4 is 5.32 Å². The van der Waals surface area contributed by atoms with Crippen molar-refractivity contribution in [2.45, 2.75) is 13.5 Å². The molecule has 1 N–H and O–H groups in total. The van der Waals surface area contributed by atoms with Gasteiger partial charge in [-0.2, -0.15) is 0 Å². The number of fused-ring (bicyclic) bond motifs is 1. The highest BCUT2D eigenvalue weighted by Gasteiger charge is 2.18. The molecular weight excluding hydrogens is 216 g/mol. The molecule has 1 aliphatic heterocycles. The summed E-state index contributed by atoms with van der Waals surface area (Å²) in [6.07, 6.45) is 5.40. The van der Waals surface area contributed by atoms with Gasteiger partial charge in [-0.15, -0.1) is 12.3 Å². The van der Waals surface area contributed by atoms with Crippen LogP contribution in [0, 0.1) is 12.3 Å². The van der Waals surface area contributed by atoms with Gasteiger partial charge in [0.1, 0.15) is 6.29 Å². The number of nitrogens with one attached hydrogen (secondary N) is 1. The third-order valence-electron chi connectivity index (χ3n) is 2.26. The Morgan fingerprint density at radius 3 is 2.76 bits per heavy atom. The summed E-state index contributed by atoms with van der Waals surface area (Å²) < 4.78 is 0. The van der Waals surface area contributed by atoms with E-state index >= 15 is 0 Å². The van der Waals surface area contributed by atoms with Crippen molar-refractivity contribution in [3.05, 3.63) is 29.3 Å². The maximum atomic E-state index is 11.3. The fourth-order valence-corrected chi connectivity index (χ4v) is 1.48. The minimum atomic E-state index is -0.114. The highest BCUT2D eigenvalue weighted by atomic mass is 16.2. The molecule has 0 bridgehead atoms. The summed E-state index contributed by atoms with van der Waals surface area (Å²) >= 11 is 0. The van der Waals surface area contributed by atoms with Crippen molar-refractivity contribution in [3.63, 3.8) is 0 Å². The van der Waals surface area contributed by atoms with Crippen molar-refractivity contribution < 1.29 is 9.59 Å². The second kappa shape index (κ2) is 5.71. The fourth-order valence-electron chi connectivity index (χ4n) is 1.48. The summed E-state index contributed by atoms with van der Waals surface area (Å²) in [5.41, 5.74) is 2.39. The quantitative estimate of drug-likeness (QED) is 0.593. The van der Waals surface area contributed by atoms with Crippen molar-refractivity contribution >= 4 is 18.0 Å². The molecule has 0 saturated carbocycles. The van der Waals surface area contributed by atoms with Crippen molar-refractivity contribution in [2.75, 3.05) is 12.4 Å². The van der Waals surface area contributed by atoms with Gasteiger partial charge < -0.3 is 10.2 Å². The van der Waals surface area contributed by atoms with Crippen molar-refractivity contribution in [1.82, 2.24) is 4.90 Å². The van der Waals surface area contributed by atoms with E-state index in [0.29, 0.717) is 12.1 Å². The number of benzene rings is 1. The van der Waals surface area contributed by atoms with E-state index in [-0.39, 0.29) is 6.03 Å². The van der Waals surface area contributed by atoms with Crippen LogP contribution in [0.1, 0.15) is 22.8 Å². The molecule has 0 fully saturated rings. The van der Waals surface area contributed by atoms with Gasteiger partial charge in [-0.1, -0.05) is 0 Å². The summed E-state index contributed by atoms with van der Waals surface area (Å²) in [5, 5.41) is 2.73. The molecule has 1 aromatic rings. The summed E-state index contributed by atoms with van der Waals surface area (Å²) in [5.74, 6) is 2.25. The number of hydrogen-bond donors (Lipinski definition) is 1. The maximum Gasteiger partial charge on any atom is 0.321 e. The lowest BCUT2D eigenvalue weighted by molar-refractivity contribution is 0.112. The standard InChI is InChI=1S/C10H10N2O2.C3H4/c1-12-5-8-4-7(6-13)2-3-9(8)11-10(12)14;1-3-2/h2-4,6H,5H2,1H3,(H,11,14);1H,2H3. The zero-order chi connectivity index (χ0) is 12.8. The van der Waals surface area contributed by atoms with Crippen LogP contribution in [0.2, 0.25) is 0 Å². The van der Waals surface area contributed by atoms with Gasteiger partial charge >= 0.3 is 6.03 Å². The monoisotopic (exact) mass is 230 g/mol. The predicted molar refractivity (Wildman–Crippen MR) is 66.8 cm³/mol. The molecule has 1 aromatic carbocycles. The Balaban J connectivity index is 0.000000437. The van der Waals surface area contributed by atoms with Crippen LogP contribution in [0.15, 0.2) is 18.2 Å². The van der Waals surface area contributed by atoms with E-state index in [4.69, 9.17) is 0 Å². The molecule has 0 spiro atoms. The van der Waals surface area contributed by atoms with Gasteiger partial charge in [-0.3, -0.25) is 4.79 Å². The molecule has 0 unspecified atom stereocenters. The summed E-state index contributed by atoms with van der Waals surface area (Å²) in [4.78, 5) is 23.4. The Hall–Kier alpha value is -2.28. The lowest BCUT2D eigenvalue weighted by Crippen LogP contribution is -2.35. The summed E-state index contributed by atoms with van der Waals surface area (Å²) in [6, 6.07) is 5.12. The lowest BCUT2D eigenvalue weighted by atomic mass is 10.1. The predicted octanol–water partition coefficient (Wildman–Crippen LogP) is 2.12. The van der Waals surface area contributed by atoms with E-state index in [1.807, 2.05) is 0 Å². The highest BCUT2D eigenvalue weighted by molar-refractivity contribution is 5.92. The Morgan fingerprint density at radius 2 is 2.18 bits per heavy atom. The zero-order valence-corrected chi connectivity index (χ0v) is 9.86. The Bertz CT molecular complexity index is 475. The molecule has 1 aliphatic rings. The smallest absolute Gasteiger partial charge is 0.321 e. The number of amides is 2.